The van der Waals surface area contributed by atoms with E-state index >= 15 is 0 Å². The maximum absolute atomic E-state index is 13.7. The van der Waals surface area contributed by atoms with Gasteiger partial charge in [-0.25, -0.2) is 4.39 Å². The maximum Gasteiger partial charge on any atom is 0.151 e. The molecule has 0 N–H and O–H groups in total. The highest BCUT2D eigenvalue weighted by molar-refractivity contribution is 5.67. The lowest BCUT2D eigenvalue weighted by Gasteiger charge is -2.50. The van der Waals surface area contributed by atoms with Crippen molar-refractivity contribution in [3.8, 4) is 17.0 Å². The summed E-state index contributed by atoms with van der Waals surface area (Å²) in [4.78, 5) is 5.09. The van der Waals surface area contributed by atoms with Crippen molar-refractivity contribution in [3.63, 3.8) is 0 Å². The van der Waals surface area contributed by atoms with E-state index in [-0.39, 0.29) is 5.82 Å². The number of benzene rings is 1. The van der Waals surface area contributed by atoms with Gasteiger partial charge in [0.2, 0.25) is 0 Å². The number of aromatic nitrogens is 2. The molecule has 2 aliphatic heterocycles. The highest BCUT2D eigenvalue weighted by atomic mass is 19.1. The quantitative estimate of drug-likeness (QED) is 0.741. The van der Waals surface area contributed by atoms with E-state index in [0.29, 0.717) is 22.4 Å². The molecule has 3 heterocycles. The number of methoxy groups -OCH3 is 1. The van der Waals surface area contributed by atoms with Gasteiger partial charge in [-0.2, -0.15) is 0 Å². The summed E-state index contributed by atoms with van der Waals surface area (Å²) in [5.41, 5.74) is 1.79. The van der Waals surface area contributed by atoms with E-state index in [9.17, 15) is 4.39 Å². The first kappa shape index (κ1) is 19.7. The van der Waals surface area contributed by atoms with E-state index in [2.05, 4.69) is 20.0 Å². The van der Waals surface area contributed by atoms with Crippen molar-refractivity contribution >= 4 is 5.82 Å². The normalized spacial score (nSPS) is 22.1. The second-order valence-corrected chi connectivity index (χ2v) is 9.23. The zero-order valence-corrected chi connectivity index (χ0v) is 17.8. The van der Waals surface area contributed by atoms with Crippen molar-refractivity contribution in [3.05, 3.63) is 36.1 Å². The number of likely N-dealkylation sites (tertiary alicyclic amines) is 1. The molecule has 1 aromatic carbocycles. The van der Waals surface area contributed by atoms with Gasteiger partial charge in [0.05, 0.1) is 12.8 Å². The Balaban J connectivity index is 1.21. The van der Waals surface area contributed by atoms with Crippen molar-refractivity contribution < 1.29 is 9.13 Å². The van der Waals surface area contributed by atoms with Crippen LogP contribution < -0.4 is 9.64 Å². The average Bonchev–Trinajstić information content (AvgIpc) is 2.75. The van der Waals surface area contributed by atoms with Gasteiger partial charge in [0.25, 0.3) is 0 Å². The molecular formula is C24H31FN4O. The molecule has 1 aliphatic carbocycles. The minimum absolute atomic E-state index is 0.304. The predicted molar refractivity (Wildman–Crippen MR) is 116 cm³/mol. The first-order chi connectivity index (χ1) is 14.7. The molecular weight excluding hydrogens is 379 g/mol. The lowest BCUT2D eigenvalue weighted by molar-refractivity contribution is 0.0305. The summed E-state index contributed by atoms with van der Waals surface area (Å²) in [5.74, 6) is 1.21. The zero-order valence-electron chi connectivity index (χ0n) is 17.8. The third-order valence-corrected chi connectivity index (χ3v) is 7.69. The Labute approximate surface area is 178 Å². The van der Waals surface area contributed by atoms with Gasteiger partial charge in [-0.3, -0.25) is 0 Å². The standard InChI is InChI=1S/C24H31FN4O/c1-30-22-7-5-18(25)17-20(22)21-6-8-23(27-26-21)29-15-11-24(12-16-29)9-13-28(14-10-24)19-3-2-4-19/h5-8,17,19H,2-4,9-16H2,1H3. The molecule has 0 amide bonds. The van der Waals surface area contributed by atoms with E-state index in [1.54, 1.807) is 13.2 Å². The molecule has 1 saturated carbocycles. The van der Waals surface area contributed by atoms with Crippen LogP contribution in [0.5, 0.6) is 5.75 Å². The summed E-state index contributed by atoms with van der Waals surface area (Å²) in [6.45, 7) is 4.66. The Hall–Kier alpha value is -2.21. The SMILES string of the molecule is COc1ccc(F)cc1-c1ccc(N2CCC3(CC2)CCN(C2CCC2)CC3)nn1. The zero-order chi connectivity index (χ0) is 20.6. The van der Waals surface area contributed by atoms with Gasteiger partial charge in [-0.05, 0) is 87.4 Å². The van der Waals surface area contributed by atoms with Gasteiger partial charge in [0, 0.05) is 24.7 Å². The first-order valence-electron chi connectivity index (χ1n) is 11.3. The third kappa shape index (κ3) is 3.78. The van der Waals surface area contributed by atoms with Crippen LogP contribution in [0.1, 0.15) is 44.9 Å². The largest absolute Gasteiger partial charge is 0.496 e. The van der Waals surface area contributed by atoms with Crippen LogP contribution in [-0.4, -0.2) is 54.4 Å². The molecule has 2 aromatic rings. The Kier molecular flexibility index (Phi) is 5.35. The Morgan fingerprint density at radius 3 is 2.30 bits per heavy atom. The maximum atomic E-state index is 13.7. The smallest absolute Gasteiger partial charge is 0.151 e. The number of anilines is 1. The molecule has 3 fully saturated rings. The van der Waals surface area contributed by atoms with Crippen molar-refractivity contribution in [1.29, 1.82) is 0 Å². The Morgan fingerprint density at radius 2 is 1.70 bits per heavy atom. The van der Waals surface area contributed by atoms with Gasteiger partial charge in [-0.1, -0.05) is 6.42 Å². The summed E-state index contributed by atoms with van der Waals surface area (Å²) in [6, 6.07) is 9.27. The summed E-state index contributed by atoms with van der Waals surface area (Å²) >= 11 is 0. The summed E-state index contributed by atoms with van der Waals surface area (Å²) in [5, 5.41) is 8.84. The molecule has 30 heavy (non-hydrogen) atoms. The molecule has 0 radical (unpaired) electrons. The molecule has 1 aromatic heterocycles. The minimum atomic E-state index is -0.304. The number of rotatable bonds is 4. The van der Waals surface area contributed by atoms with Crippen LogP contribution in [-0.2, 0) is 0 Å². The van der Waals surface area contributed by atoms with Crippen LogP contribution in [0.15, 0.2) is 30.3 Å². The number of hydrogen-bond acceptors (Lipinski definition) is 5. The van der Waals surface area contributed by atoms with Gasteiger partial charge in [0.15, 0.2) is 5.82 Å². The molecule has 5 nitrogen and oxygen atoms in total. The minimum Gasteiger partial charge on any atom is -0.496 e. The van der Waals surface area contributed by atoms with E-state index in [1.807, 2.05) is 12.1 Å². The third-order valence-electron chi connectivity index (χ3n) is 7.69. The summed E-state index contributed by atoms with van der Waals surface area (Å²) in [6.07, 6.45) is 9.43. The van der Waals surface area contributed by atoms with E-state index < -0.39 is 0 Å². The van der Waals surface area contributed by atoms with Crippen molar-refractivity contribution in [2.75, 3.05) is 38.2 Å². The molecule has 6 heteroatoms. The van der Waals surface area contributed by atoms with E-state index in [0.717, 1.165) is 24.9 Å². The van der Waals surface area contributed by atoms with Crippen molar-refractivity contribution in [2.45, 2.75) is 51.0 Å². The molecule has 0 atom stereocenters. The molecule has 0 unspecified atom stereocenters. The fraction of sp³-hybridized carbons (Fsp3) is 0.583. The van der Waals surface area contributed by atoms with Gasteiger partial charge in [-0.15, -0.1) is 10.2 Å². The lowest BCUT2D eigenvalue weighted by atomic mass is 9.70. The average molecular weight is 411 g/mol. The van der Waals surface area contributed by atoms with Crippen LogP contribution in [0.2, 0.25) is 0 Å². The number of piperidine rings is 2. The summed E-state index contributed by atoms with van der Waals surface area (Å²) in [7, 11) is 1.58. The molecule has 1 spiro atoms. The molecule has 2 saturated heterocycles. The fourth-order valence-electron chi connectivity index (χ4n) is 5.34. The monoisotopic (exact) mass is 410 g/mol. The molecule has 5 rings (SSSR count). The summed E-state index contributed by atoms with van der Waals surface area (Å²) < 4.78 is 19.0. The van der Waals surface area contributed by atoms with Crippen LogP contribution >= 0.6 is 0 Å². The highest BCUT2D eigenvalue weighted by Gasteiger charge is 2.39. The van der Waals surface area contributed by atoms with Crippen molar-refractivity contribution in [2.24, 2.45) is 5.41 Å². The van der Waals surface area contributed by atoms with Crippen LogP contribution in [0.3, 0.4) is 0 Å². The van der Waals surface area contributed by atoms with Crippen LogP contribution in [0, 0.1) is 11.2 Å². The number of nitrogens with zero attached hydrogens (tertiary/aromatic N) is 4. The molecule has 3 aliphatic rings. The fourth-order valence-corrected chi connectivity index (χ4v) is 5.34. The van der Waals surface area contributed by atoms with E-state index in [4.69, 9.17) is 4.74 Å². The Morgan fingerprint density at radius 1 is 0.967 bits per heavy atom. The number of halogens is 1. The number of ether oxygens (including phenoxy) is 1. The van der Waals surface area contributed by atoms with E-state index in [1.165, 1.54) is 70.2 Å². The second-order valence-electron chi connectivity index (χ2n) is 9.23. The van der Waals surface area contributed by atoms with Gasteiger partial charge >= 0.3 is 0 Å². The first-order valence-corrected chi connectivity index (χ1v) is 11.3. The van der Waals surface area contributed by atoms with Crippen LogP contribution in [0.25, 0.3) is 11.3 Å². The predicted octanol–water partition coefficient (Wildman–Crippen LogP) is 4.53. The Bertz CT molecular complexity index is 865. The highest BCUT2D eigenvalue weighted by Crippen LogP contribution is 2.43. The van der Waals surface area contributed by atoms with Gasteiger partial charge in [0.1, 0.15) is 11.6 Å². The van der Waals surface area contributed by atoms with Crippen molar-refractivity contribution in [1.82, 2.24) is 15.1 Å². The molecule has 0 bridgehead atoms. The van der Waals surface area contributed by atoms with Gasteiger partial charge < -0.3 is 14.5 Å². The van der Waals surface area contributed by atoms with Crippen LogP contribution in [0.4, 0.5) is 10.2 Å². The lowest BCUT2D eigenvalue weighted by Crippen LogP contribution is -2.51. The molecule has 160 valence electrons. The number of hydrogen-bond donors (Lipinski definition) is 0. The topological polar surface area (TPSA) is 41.5 Å². The second kappa shape index (κ2) is 8.14.